The number of methoxy groups -OCH3 is 1. The normalized spacial score (nSPS) is 17.4. The van der Waals surface area contributed by atoms with Gasteiger partial charge >= 0.3 is 0 Å². The predicted molar refractivity (Wildman–Crippen MR) is 88.4 cm³/mol. The summed E-state index contributed by atoms with van der Waals surface area (Å²) in [6, 6.07) is 10.1. The van der Waals surface area contributed by atoms with E-state index in [2.05, 4.69) is 5.32 Å². The van der Waals surface area contributed by atoms with Gasteiger partial charge in [-0.25, -0.2) is 4.39 Å². The maximum atomic E-state index is 14.0. The van der Waals surface area contributed by atoms with E-state index in [-0.39, 0.29) is 12.4 Å². The van der Waals surface area contributed by atoms with Crippen molar-refractivity contribution < 1.29 is 13.9 Å². The Morgan fingerprint density at radius 2 is 2.14 bits per heavy atom. The molecule has 1 aliphatic heterocycles. The highest BCUT2D eigenvalue weighted by atomic mass is 35.5. The van der Waals surface area contributed by atoms with Gasteiger partial charge in [-0.05, 0) is 24.3 Å². The molecule has 2 aromatic carbocycles. The second-order valence-electron chi connectivity index (χ2n) is 4.83. The first kappa shape index (κ1) is 15.2. The molecule has 0 aromatic heterocycles. The van der Waals surface area contributed by atoms with Crippen molar-refractivity contribution in [2.75, 3.05) is 19.0 Å². The molecule has 0 saturated carbocycles. The van der Waals surface area contributed by atoms with Crippen molar-refractivity contribution in [3.8, 4) is 5.75 Å². The van der Waals surface area contributed by atoms with Crippen molar-refractivity contribution in [1.29, 1.82) is 0 Å². The largest absolute Gasteiger partial charge is 0.493 e. The van der Waals surface area contributed by atoms with Crippen LogP contribution in [0.4, 0.5) is 10.1 Å². The average Bonchev–Trinajstić information content (AvgIpc) is 2.65. The summed E-state index contributed by atoms with van der Waals surface area (Å²) in [6.07, 6.45) is -0.521. The molecule has 0 fully saturated rings. The van der Waals surface area contributed by atoms with Crippen LogP contribution in [0, 0.1) is 5.82 Å². The Kier molecular flexibility index (Phi) is 4.29. The molecule has 22 heavy (non-hydrogen) atoms. The number of halogens is 2. The molecule has 1 heterocycles. The van der Waals surface area contributed by atoms with E-state index in [1.807, 2.05) is 6.07 Å². The lowest BCUT2D eigenvalue weighted by Gasteiger charge is -2.20. The second kappa shape index (κ2) is 6.20. The first-order valence-corrected chi connectivity index (χ1v) is 7.42. The van der Waals surface area contributed by atoms with Crippen LogP contribution in [0.2, 0.25) is 5.02 Å². The zero-order chi connectivity index (χ0) is 15.7. The minimum Gasteiger partial charge on any atom is -0.493 e. The van der Waals surface area contributed by atoms with Crippen molar-refractivity contribution in [2.24, 2.45) is 0 Å². The number of ether oxygens (including phenoxy) is 2. The molecule has 1 atom stereocenters. The van der Waals surface area contributed by atoms with Crippen LogP contribution in [0.15, 0.2) is 36.4 Å². The number of fused-ring (bicyclic) bond motifs is 1. The molecular weight excluding hydrogens is 325 g/mol. The van der Waals surface area contributed by atoms with Gasteiger partial charge in [-0.3, -0.25) is 0 Å². The number of nitrogens with one attached hydrogen (secondary N) is 1. The van der Waals surface area contributed by atoms with E-state index in [1.54, 1.807) is 24.3 Å². The van der Waals surface area contributed by atoms with Crippen molar-refractivity contribution >= 4 is 34.5 Å². The van der Waals surface area contributed by atoms with Crippen LogP contribution in [-0.4, -0.2) is 18.7 Å². The Morgan fingerprint density at radius 3 is 2.91 bits per heavy atom. The minimum absolute atomic E-state index is 0.159. The maximum Gasteiger partial charge on any atom is 0.165 e. The molecule has 0 spiro atoms. The molecule has 0 bridgehead atoms. The molecule has 2 aromatic rings. The highest BCUT2D eigenvalue weighted by Crippen LogP contribution is 2.39. The Balaban J connectivity index is 2.17. The first-order chi connectivity index (χ1) is 10.6. The number of hydrogen-bond acceptors (Lipinski definition) is 3. The molecule has 1 N–H and O–H groups in total. The fourth-order valence-corrected chi connectivity index (χ4v) is 2.86. The maximum absolute atomic E-state index is 14.0. The highest BCUT2D eigenvalue weighted by molar-refractivity contribution is 7.80. The summed E-state index contributed by atoms with van der Waals surface area (Å²) in [4.78, 5) is 0.557. The van der Waals surface area contributed by atoms with E-state index in [0.29, 0.717) is 15.6 Å². The topological polar surface area (TPSA) is 30.5 Å². The van der Waals surface area contributed by atoms with Gasteiger partial charge in [-0.1, -0.05) is 36.0 Å². The molecule has 0 aliphatic carbocycles. The first-order valence-electron chi connectivity index (χ1n) is 6.63. The lowest BCUT2D eigenvalue weighted by Crippen LogP contribution is -2.13. The van der Waals surface area contributed by atoms with Crippen LogP contribution in [0.1, 0.15) is 17.2 Å². The third kappa shape index (κ3) is 2.79. The van der Waals surface area contributed by atoms with Crippen LogP contribution >= 0.6 is 23.8 Å². The minimum atomic E-state index is -0.521. The van der Waals surface area contributed by atoms with Crippen molar-refractivity contribution in [2.45, 2.75) is 6.10 Å². The van der Waals surface area contributed by atoms with Crippen molar-refractivity contribution in [3.63, 3.8) is 0 Å². The summed E-state index contributed by atoms with van der Waals surface area (Å²) in [7, 11) is 1.43. The number of para-hydroxylation sites is 1. The molecule has 3 rings (SSSR count). The Bertz CT molecular complexity index is 738. The Morgan fingerprint density at radius 1 is 1.32 bits per heavy atom. The molecule has 3 nitrogen and oxygen atoms in total. The summed E-state index contributed by atoms with van der Waals surface area (Å²) in [5.74, 6) is -0.279. The van der Waals surface area contributed by atoms with Crippen molar-refractivity contribution in [3.05, 3.63) is 58.4 Å². The third-order valence-electron chi connectivity index (χ3n) is 3.44. The summed E-state index contributed by atoms with van der Waals surface area (Å²) >= 11 is 11.3. The van der Waals surface area contributed by atoms with Gasteiger partial charge in [0.25, 0.3) is 0 Å². The molecule has 0 unspecified atom stereocenters. The van der Waals surface area contributed by atoms with Crippen LogP contribution in [0.25, 0.3) is 0 Å². The molecule has 6 heteroatoms. The monoisotopic (exact) mass is 337 g/mol. The van der Waals surface area contributed by atoms with E-state index in [9.17, 15) is 4.39 Å². The van der Waals surface area contributed by atoms with Gasteiger partial charge in [-0.15, -0.1) is 0 Å². The van der Waals surface area contributed by atoms with E-state index < -0.39 is 11.9 Å². The van der Waals surface area contributed by atoms with E-state index >= 15 is 0 Å². The Hall–Kier alpha value is -1.69. The lowest BCUT2D eigenvalue weighted by molar-refractivity contribution is 0.113. The molecule has 114 valence electrons. The number of hydrogen-bond donors (Lipinski definition) is 1. The second-order valence-corrected chi connectivity index (χ2v) is 5.76. The SMILES string of the molecule is COc1c(F)cccc1[C@H]1OCC(=S)Nc2ccc(Cl)cc21. The summed E-state index contributed by atoms with van der Waals surface area (Å²) in [6.45, 7) is 0.228. The average molecular weight is 338 g/mol. The van der Waals surface area contributed by atoms with Crippen LogP contribution in [0.3, 0.4) is 0 Å². The molecule has 0 saturated heterocycles. The standard InChI is InChI=1S/C16H13ClFNO2S/c1-20-16-10(3-2-4-12(16)18)15-11-7-9(17)5-6-13(11)19-14(22)8-21-15/h2-7,15H,8H2,1H3,(H,19,22)/t15-/m1/s1. The molecular formula is C16H13ClFNO2S. The van der Waals surface area contributed by atoms with Gasteiger partial charge in [0.15, 0.2) is 11.6 Å². The van der Waals surface area contributed by atoms with Crippen LogP contribution < -0.4 is 10.1 Å². The number of rotatable bonds is 2. The lowest BCUT2D eigenvalue weighted by atomic mass is 9.98. The zero-order valence-electron chi connectivity index (χ0n) is 11.7. The molecule has 1 aliphatic rings. The molecule has 0 amide bonds. The van der Waals surface area contributed by atoms with Gasteiger partial charge < -0.3 is 14.8 Å². The number of benzene rings is 2. The van der Waals surface area contributed by atoms with Gasteiger partial charge in [0.05, 0.1) is 13.7 Å². The third-order valence-corrected chi connectivity index (χ3v) is 3.89. The summed E-state index contributed by atoms with van der Waals surface area (Å²) in [5.41, 5.74) is 2.18. The van der Waals surface area contributed by atoms with Crippen LogP contribution in [-0.2, 0) is 4.74 Å². The highest BCUT2D eigenvalue weighted by Gasteiger charge is 2.27. The van der Waals surface area contributed by atoms with Gasteiger partial charge in [0.1, 0.15) is 11.1 Å². The van der Waals surface area contributed by atoms with E-state index in [4.69, 9.17) is 33.3 Å². The number of anilines is 1. The van der Waals surface area contributed by atoms with Gasteiger partial charge in [0.2, 0.25) is 0 Å². The van der Waals surface area contributed by atoms with Gasteiger partial charge in [-0.2, -0.15) is 0 Å². The fraction of sp³-hybridized carbons (Fsp3) is 0.188. The van der Waals surface area contributed by atoms with Crippen LogP contribution in [0.5, 0.6) is 5.75 Å². The van der Waals surface area contributed by atoms with Gasteiger partial charge in [0, 0.05) is 21.8 Å². The summed E-state index contributed by atoms with van der Waals surface area (Å²) in [5, 5.41) is 3.68. The smallest absolute Gasteiger partial charge is 0.165 e. The van der Waals surface area contributed by atoms with E-state index in [0.717, 1.165) is 11.3 Å². The quantitative estimate of drug-likeness (QED) is 0.825. The zero-order valence-corrected chi connectivity index (χ0v) is 13.3. The Labute approximate surface area is 138 Å². The molecule has 0 radical (unpaired) electrons. The fourth-order valence-electron chi connectivity index (χ4n) is 2.50. The van der Waals surface area contributed by atoms with Crippen molar-refractivity contribution in [1.82, 2.24) is 0 Å². The van der Waals surface area contributed by atoms with E-state index in [1.165, 1.54) is 13.2 Å². The summed E-state index contributed by atoms with van der Waals surface area (Å²) < 4.78 is 25.1. The number of thiocarbonyl (C=S) groups is 1. The predicted octanol–water partition coefficient (Wildman–Crippen LogP) is 4.35.